The minimum atomic E-state index is -0.146. The molecule has 1 saturated heterocycles. The van der Waals surface area contributed by atoms with Crippen molar-refractivity contribution in [3.63, 3.8) is 0 Å². The van der Waals surface area contributed by atoms with E-state index in [4.69, 9.17) is 9.26 Å². The van der Waals surface area contributed by atoms with Crippen molar-refractivity contribution in [2.75, 3.05) is 18.4 Å². The van der Waals surface area contributed by atoms with Gasteiger partial charge in [0.2, 0.25) is 5.91 Å². The summed E-state index contributed by atoms with van der Waals surface area (Å²) in [4.78, 5) is 27.0. The smallest absolute Gasteiger partial charge is 0.253 e. The molecule has 4 rings (SSSR count). The molecule has 0 bridgehead atoms. The fourth-order valence-corrected chi connectivity index (χ4v) is 3.47. The molecule has 7 heteroatoms. The molecule has 3 aromatic rings. The summed E-state index contributed by atoms with van der Waals surface area (Å²) in [6.45, 7) is 2.85. The van der Waals surface area contributed by atoms with E-state index in [1.807, 2.05) is 30.3 Å². The Morgan fingerprint density at radius 1 is 1.03 bits per heavy atom. The zero-order valence-corrected chi connectivity index (χ0v) is 16.7. The molecule has 1 N–H and O–H groups in total. The van der Waals surface area contributed by atoms with Gasteiger partial charge in [-0.2, -0.15) is 0 Å². The maximum absolute atomic E-state index is 12.8. The van der Waals surface area contributed by atoms with E-state index in [0.717, 1.165) is 5.75 Å². The van der Waals surface area contributed by atoms with Gasteiger partial charge in [-0.15, -0.1) is 0 Å². The molecule has 0 radical (unpaired) electrons. The van der Waals surface area contributed by atoms with Crippen molar-refractivity contribution < 1.29 is 18.8 Å². The number of nitrogens with one attached hydrogen (secondary N) is 1. The van der Waals surface area contributed by atoms with E-state index >= 15 is 0 Å². The van der Waals surface area contributed by atoms with Crippen LogP contribution < -0.4 is 10.1 Å². The second-order valence-electron chi connectivity index (χ2n) is 7.32. The number of aryl methyl sites for hydroxylation is 1. The molecule has 1 fully saturated rings. The van der Waals surface area contributed by atoms with Gasteiger partial charge in [-0.25, -0.2) is 0 Å². The topological polar surface area (TPSA) is 84.7 Å². The number of carbonyl (C=O) groups is 2. The number of amides is 2. The molecule has 2 aromatic carbocycles. The van der Waals surface area contributed by atoms with Crippen LogP contribution in [0.5, 0.6) is 11.5 Å². The highest BCUT2D eigenvalue weighted by Gasteiger charge is 2.28. The summed E-state index contributed by atoms with van der Waals surface area (Å²) in [5, 5.41) is 6.56. The van der Waals surface area contributed by atoms with Gasteiger partial charge in [0, 0.05) is 30.6 Å². The molecule has 1 aliphatic rings. The molecule has 1 aliphatic heterocycles. The minimum Gasteiger partial charge on any atom is -0.457 e. The van der Waals surface area contributed by atoms with Crippen LogP contribution in [0.1, 0.15) is 29.0 Å². The number of likely N-dealkylation sites (tertiary alicyclic amines) is 1. The van der Waals surface area contributed by atoms with Crippen LogP contribution in [-0.4, -0.2) is 35.0 Å². The molecule has 30 heavy (non-hydrogen) atoms. The Kier molecular flexibility index (Phi) is 5.79. The Bertz CT molecular complexity index is 1010. The Labute approximate surface area is 174 Å². The van der Waals surface area contributed by atoms with Gasteiger partial charge in [0.15, 0.2) is 5.82 Å². The van der Waals surface area contributed by atoms with Crippen LogP contribution in [0.2, 0.25) is 0 Å². The lowest BCUT2D eigenvalue weighted by Gasteiger charge is -2.31. The highest BCUT2D eigenvalue weighted by Crippen LogP contribution is 2.24. The first kappa shape index (κ1) is 19.7. The van der Waals surface area contributed by atoms with E-state index in [2.05, 4.69) is 10.5 Å². The number of piperidine rings is 1. The maximum atomic E-state index is 12.8. The molecule has 1 aromatic heterocycles. The Morgan fingerprint density at radius 2 is 1.70 bits per heavy atom. The molecular formula is C23H23N3O4. The number of rotatable bonds is 5. The van der Waals surface area contributed by atoms with Crippen molar-refractivity contribution in [1.29, 1.82) is 0 Å². The quantitative estimate of drug-likeness (QED) is 0.685. The van der Waals surface area contributed by atoms with E-state index in [1.165, 1.54) is 0 Å². The van der Waals surface area contributed by atoms with E-state index in [0.29, 0.717) is 48.8 Å². The summed E-state index contributed by atoms with van der Waals surface area (Å²) in [7, 11) is 0. The summed E-state index contributed by atoms with van der Waals surface area (Å²) in [6, 6.07) is 18.3. The SMILES string of the molecule is Cc1cc(NC(=O)C2CCN(C(=O)c3ccc(Oc4ccccc4)cc3)CC2)no1. The molecule has 2 heterocycles. The first-order chi connectivity index (χ1) is 14.6. The highest BCUT2D eigenvalue weighted by atomic mass is 16.5. The third kappa shape index (κ3) is 4.68. The predicted molar refractivity (Wildman–Crippen MR) is 111 cm³/mol. The third-order valence-corrected chi connectivity index (χ3v) is 5.11. The lowest BCUT2D eigenvalue weighted by Crippen LogP contribution is -2.41. The van der Waals surface area contributed by atoms with Crippen molar-refractivity contribution in [1.82, 2.24) is 10.1 Å². The third-order valence-electron chi connectivity index (χ3n) is 5.11. The molecule has 0 aliphatic carbocycles. The lowest BCUT2D eigenvalue weighted by molar-refractivity contribution is -0.121. The summed E-state index contributed by atoms with van der Waals surface area (Å²) >= 11 is 0. The van der Waals surface area contributed by atoms with Crippen LogP contribution in [0.25, 0.3) is 0 Å². The first-order valence-electron chi connectivity index (χ1n) is 9.95. The van der Waals surface area contributed by atoms with Gasteiger partial charge in [0.25, 0.3) is 5.91 Å². The first-order valence-corrected chi connectivity index (χ1v) is 9.95. The van der Waals surface area contributed by atoms with Gasteiger partial charge in [0.1, 0.15) is 17.3 Å². The van der Waals surface area contributed by atoms with Gasteiger partial charge >= 0.3 is 0 Å². The molecule has 154 valence electrons. The number of para-hydroxylation sites is 1. The van der Waals surface area contributed by atoms with Gasteiger partial charge in [-0.05, 0) is 56.2 Å². The monoisotopic (exact) mass is 405 g/mol. The van der Waals surface area contributed by atoms with Crippen molar-refractivity contribution in [3.05, 3.63) is 72.0 Å². The van der Waals surface area contributed by atoms with Crippen molar-refractivity contribution in [2.24, 2.45) is 5.92 Å². The fourth-order valence-electron chi connectivity index (χ4n) is 3.47. The fraction of sp³-hybridized carbons (Fsp3) is 0.261. The molecule has 2 amide bonds. The molecular weight excluding hydrogens is 382 g/mol. The average molecular weight is 405 g/mol. The van der Waals surface area contributed by atoms with Crippen molar-refractivity contribution in [2.45, 2.75) is 19.8 Å². The molecule has 0 spiro atoms. The number of nitrogens with zero attached hydrogens (tertiary/aromatic N) is 2. The standard InChI is InChI=1S/C23H23N3O4/c1-16-15-21(25-30-16)24-22(27)17-11-13-26(14-12-17)23(28)18-7-9-20(10-8-18)29-19-5-3-2-4-6-19/h2-10,15,17H,11-14H2,1H3,(H,24,25,27). The van der Waals surface area contributed by atoms with Crippen molar-refractivity contribution in [3.8, 4) is 11.5 Å². The van der Waals surface area contributed by atoms with Crippen LogP contribution in [0, 0.1) is 12.8 Å². The lowest BCUT2D eigenvalue weighted by atomic mass is 9.95. The number of hydrogen-bond donors (Lipinski definition) is 1. The normalized spacial score (nSPS) is 14.4. The zero-order chi connectivity index (χ0) is 20.9. The molecule has 0 saturated carbocycles. The molecule has 0 unspecified atom stereocenters. The van der Waals surface area contributed by atoms with E-state index in [-0.39, 0.29) is 17.7 Å². The van der Waals surface area contributed by atoms with Gasteiger partial charge < -0.3 is 19.5 Å². The summed E-state index contributed by atoms with van der Waals surface area (Å²) in [6.07, 6.45) is 1.23. The highest BCUT2D eigenvalue weighted by molar-refractivity contribution is 5.95. The van der Waals surface area contributed by atoms with Crippen LogP contribution in [0.15, 0.2) is 65.2 Å². The number of hydrogen-bond acceptors (Lipinski definition) is 5. The second kappa shape index (κ2) is 8.82. The number of ether oxygens (including phenoxy) is 1. The second-order valence-corrected chi connectivity index (χ2v) is 7.32. The molecule has 0 atom stereocenters. The minimum absolute atomic E-state index is 0.0350. The Morgan fingerprint density at radius 3 is 2.33 bits per heavy atom. The summed E-state index contributed by atoms with van der Waals surface area (Å²) in [5.41, 5.74) is 0.608. The van der Waals surface area contributed by atoms with Crippen molar-refractivity contribution >= 4 is 17.6 Å². The molecule has 7 nitrogen and oxygen atoms in total. The van der Waals surface area contributed by atoms with Gasteiger partial charge in [-0.3, -0.25) is 9.59 Å². The van der Waals surface area contributed by atoms with Gasteiger partial charge in [-0.1, -0.05) is 23.4 Å². The summed E-state index contributed by atoms with van der Waals surface area (Å²) in [5.74, 6) is 2.23. The number of benzene rings is 2. The number of aromatic nitrogens is 1. The largest absolute Gasteiger partial charge is 0.457 e. The van der Waals surface area contributed by atoms with Gasteiger partial charge in [0.05, 0.1) is 0 Å². The maximum Gasteiger partial charge on any atom is 0.253 e. The van der Waals surface area contributed by atoms with E-state index in [1.54, 1.807) is 42.2 Å². The van der Waals surface area contributed by atoms with Crippen LogP contribution in [0.4, 0.5) is 5.82 Å². The number of carbonyl (C=O) groups excluding carboxylic acids is 2. The Hall–Kier alpha value is -3.61. The average Bonchev–Trinajstić information content (AvgIpc) is 3.19. The summed E-state index contributed by atoms with van der Waals surface area (Å²) < 4.78 is 10.7. The van der Waals surface area contributed by atoms with Crippen LogP contribution in [-0.2, 0) is 4.79 Å². The number of anilines is 1. The predicted octanol–water partition coefficient (Wildman–Crippen LogP) is 4.27. The van der Waals surface area contributed by atoms with Crippen LogP contribution in [0.3, 0.4) is 0 Å². The van der Waals surface area contributed by atoms with E-state index in [9.17, 15) is 9.59 Å². The zero-order valence-electron chi connectivity index (χ0n) is 16.7. The van der Waals surface area contributed by atoms with E-state index < -0.39 is 0 Å². The Balaban J connectivity index is 1.30. The van der Waals surface area contributed by atoms with Crippen LogP contribution >= 0.6 is 0 Å².